The number of nitrogens with zero attached hydrogens (tertiary/aromatic N) is 1. The third-order valence-corrected chi connectivity index (χ3v) is 2.90. The lowest BCUT2D eigenvalue weighted by atomic mass is 9.84. The van der Waals surface area contributed by atoms with Crippen LogP contribution in [0.5, 0.6) is 0 Å². The third kappa shape index (κ3) is 1.43. The van der Waals surface area contributed by atoms with Crippen LogP contribution in [0.3, 0.4) is 0 Å². The zero-order valence-corrected chi connectivity index (χ0v) is 8.32. The molecule has 0 aromatic heterocycles. The van der Waals surface area contributed by atoms with Crippen molar-refractivity contribution in [2.45, 2.75) is 12.5 Å². The summed E-state index contributed by atoms with van der Waals surface area (Å²) >= 11 is 3.27. The summed E-state index contributed by atoms with van der Waals surface area (Å²) < 4.78 is 0. The van der Waals surface area contributed by atoms with E-state index in [1.165, 1.54) is 0 Å². The lowest BCUT2D eigenvalue weighted by Gasteiger charge is -2.25. The minimum Gasteiger partial charge on any atom is -0.264 e. The first-order valence-electron chi connectivity index (χ1n) is 3.67. The number of alkyl halides is 1. The molecular formula is C8H10BrNO2. The summed E-state index contributed by atoms with van der Waals surface area (Å²) in [4.78, 5) is 10.5. The molecule has 1 aliphatic carbocycles. The molecule has 4 heteroatoms. The maximum absolute atomic E-state index is 10.7. The van der Waals surface area contributed by atoms with E-state index in [0.717, 1.165) is 0 Å². The first-order valence-corrected chi connectivity index (χ1v) is 4.80. The molecule has 2 atom stereocenters. The molecule has 2 unspecified atom stereocenters. The largest absolute Gasteiger partial charge is 0.264 e. The van der Waals surface area contributed by atoms with E-state index in [2.05, 4.69) is 15.9 Å². The zero-order valence-electron chi connectivity index (χ0n) is 6.74. The monoisotopic (exact) mass is 231 g/mol. The summed E-state index contributed by atoms with van der Waals surface area (Å²) in [5.74, 6) is -0.0579. The number of hydrogen-bond donors (Lipinski definition) is 0. The number of rotatable bonds is 2. The van der Waals surface area contributed by atoms with Gasteiger partial charge in [0.2, 0.25) is 5.54 Å². The lowest BCUT2D eigenvalue weighted by molar-refractivity contribution is -0.557. The van der Waals surface area contributed by atoms with Crippen LogP contribution < -0.4 is 0 Å². The summed E-state index contributed by atoms with van der Waals surface area (Å²) in [7, 11) is 0. The molecule has 0 N–H and O–H groups in total. The van der Waals surface area contributed by atoms with Crippen molar-refractivity contribution in [1.82, 2.24) is 0 Å². The van der Waals surface area contributed by atoms with Gasteiger partial charge >= 0.3 is 0 Å². The second-order valence-electron chi connectivity index (χ2n) is 2.99. The van der Waals surface area contributed by atoms with E-state index in [9.17, 15) is 10.1 Å². The highest BCUT2D eigenvalue weighted by molar-refractivity contribution is 9.09. The molecule has 0 aromatic carbocycles. The predicted octanol–water partition coefficient (Wildman–Crippen LogP) is 2.16. The molecule has 0 radical (unpaired) electrons. The molecule has 0 saturated carbocycles. The van der Waals surface area contributed by atoms with Crippen LogP contribution in [0.25, 0.3) is 0 Å². The Morgan fingerprint density at radius 3 is 2.75 bits per heavy atom. The van der Waals surface area contributed by atoms with Gasteiger partial charge in [0.1, 0.15) is 0 Å². The van der Waals surface area contributed by atoms with E-state index in [-0.39, 0.29) is 10.8 Å². The number of halogens is 1. The first kappa shape index (κ1) is 9.45. The molecular weight excluding hydrogens is 222 g/mol. The topological polar surface area (TPSA) is 43.1 Å². The van der Waals surface area contributed by atoms with Crippen molar-refractivity contribution in [3.63, 3.8) is 0 Å². The van der Waals surface area contributed by atoms with Crippen molar-refractivity contribution in [1.29, 1.82) is 0 Å². The van der Waals surface area contributed by atoms with Crippen LogP contribution in [-0.4, -0.2) is 15.8 Å². The Labute approximate surface area is 79.4 Å². The fourth-order valence-electron chi connectivity index (χ4n) is 1.17. The van der Waals surface area contributed by atoms with Crippen LogP contribution in [0, 0.1) is 16.0 Å². The van der Waals surface area contributed by atoms with Gasteiger partial charge in [-0.15, -0.1) is 0 Å². The van der Waals surface area contributed by atoms with Crippen molar-refractivity contribution >= 4 is 15.9 Å². The van der Waals surface area contributed by atoms with Crippen molar-refractivity contribution in [3.05, 3.63) is 34.4 Å². The average molecular weight is 232 g/mol. The van der Waals surface area contributed by atoms with Crippen molar-refractivity contribution in [3.8, 4) is 0 Å². The second-order valence-corrected chi connectivity index (χ2v) is 3.64. The Morgan fingerprint density at radius 1 is 1.67 bits per heavy atom. The third-order valence-electron chi connectivity index (χ3n) is 2.20. The van der Waals surface area contributed by atoms with Crippen molar-refractivity contribution in [2.75, 3.05) is 5.33 Å². The molecule has 0 aromatic rings. The maximum atomic E-state index is 10.7. The molecule has 0 amide bonds. The molecule has 1 rings (SSSR count). The predicted molar refractivity (Wildman–Crippen MR) is 51.0 cm³/mol. The zero-order chi connectivity index (χ0) is 9.19. The van der Waals surface area contributed by atoms with Gasteiger partial charge in [0.15, 0.2) is 0 Å². The Hall–Kier alpha value is -0.640. The molecule has 12 heavy (non-hydrogen) atoms. The van der Waals surface area contributed by atoms with Gasteiger partial charge < -0.3 is 0 Å². The van der Waals surface area contributed by atoms with Crippen LogP contribution in [0.2, 0.25) is 0 Å². The minimum absolute atomic E-state index is 0.0579. The molecule has 0 saturated heterocycles. The number of hydrogen-bond acceptors (Lipinski definition) is 2. The van der Waals surface area contributed by atoms with Gasteiger partial charge in [-0.1, -0.05) is 34.2 Å². The van der Waals surface area contributed by atoms with E-state index in [4.69, 9.17) is 0 Å². The summed E-state index contributed by atoms with van der Waals surface area (Å²) in [6.45, 7) is 1.64. The molecule has 0 heterocycles. The average Bonchev–Trinajstić information content (AvgIpc) is 2.05. The van der Waals surface area contributed by atoms with Crippen LogP contribution in [0.4, 0.5) is 0 Å². The SMILES string of the molecule is CC1([N+](=O)[O-])C=CC=CC1CBr. The summed E-state index contributed by atoms with van der Waals surface area (Å²) in [6, 6.07) is 0. The fraction of sp³-hybridized carbons (Fsp3) is 0.500. The van der Waals surface area contributed by atoms with Gasteiger partial charge in [-0.05, 0) is 6.08 Å². The van der Waals surface area contributed by atoms with Gasteiger partial charge in [-0.25, -0.2) is 0 Å². The number of allylic oxidation sites excluding steroid dienone is 2. The second kappa shape index (κ2) is 3.39. The fourth-order valence-corrected chi connectivity index (χ4v) is 2.04. The molecule has 0 aliphatic heterocycles. The van der Waals surface area contributed by atoms with Gasteiger partial charge in [-0.3, -0.25) is 10.1 Å². The maximum Gasteiger partial charge on any atom is 0.244 e. The van der Waals surface area contributed by atoms with E-state index >= 15 is 0 Å². The number of nitro groups is 1. The van der Waals surface area contributed by atoms with E-state index < -0.39 is 5.54 Å². The van der Waals surface area contributed by atoms with Crippen LogP contribution >= 0.6 is 15.9 Å². The Balaban J connectivity index is 2.94. The highest BCUT2D eigenvalue weighted by Crippen LogP contribution is 2.28. The van der Waals surface area contributed by atoms with E-state index in [0.29, 0.717) is 5.33 Å². The lowest BCUT2D eigenvalue weighted by Crippen LogP contribution is -2.41. The Morgan fingerprint density at radius 2 is 2.33 bits per heavy atom. The van der Waals surface area contributed by atoms with Crippen LogP contribution in [0.1, 0.15) is 6.92 Å². The molecule has 0 bridgehead atoms. The van der Waals surface area contributed by atoms with E-state index in [1.807, 2.05) is 12.2 Å². The molecule has 66 valence electrons. The minimum atomic E-state index is -0.946. The Kier molecular flexibility index (Phi) is 2.67. The van der Waals surface area contributed by atoms with Gasteiger partial charge in [0.05, 0.1) is 5.92 Å². The summed E-state index contributed by atoms with van der Waals surface area (Å²) in [5.41, 5.74) is -0.946. The summed E-state index contributed by atoms with van der Waals surface area (Å²) in [6.07, 6.45) is 7.07. The van der Waals surface area contributed by atoms with Gasteiger partial charge in [-0.2, -0.15) is 0 Å². The molecule has 0 fully saturated rings. The van der Waals surface area contributed by atoms with Crippen molar-refractivity contribution < 1.29 is 4.92 Å². The van der Waals surface area contributed by atoms with Gasteiger partial charge in [0.25, 0.3) is 0 Å². The summed E-state index contributed by atoms with van der Waals surface area (Å²) in [5, 5.41) is 11.4. The first-order chi connectivity index (χ1) is 5.61. The van der Waals surface area contributed by atoms with E-state index in [1.54, 1.807) is 19.1 Å². The van der Waals surface area contributed by atoms with Crippen LogP contribution in [0.15, 0.2) is 24.3 Å². The molecule has 3 nitrogen and oxygen atoms in total. The van der Waals surface area contributed by atoms with Crippen molar-refractivity contribution in [2.24, 2.45) is 5.92 Å². The van der Waals surface area contributed by atoms with Crippen LogP contribution in [-0.2, 0) is 0 Å². The normalized spacial score (nSPS) is 33.7. The standard InChI is InChI=1S/C8H10BrNO2/c1-8(10(11)12)5-3-2-4-7(8)6-9/h2-5,7H,6H2,1H3. The highest BCUT2D eigenvalue weighted by Gasteiger charge is 2.42. The molecule has 1 aliphatic rings. The quantitative estimate of drug-likeness (QED) is 0.416. The highest BCUT2D eigenvalue weighted by atomic mass is 79.9. The van der Waals surface area contributed by atoms with Gasteiger partial charge in [0, 0.05) is 17.2 Å². The molecule has 0 spiro atoms. The smallest absolute Gasteiger partial charge is 0.244 e. The Bertz CT molecular complexity index is 249.